The van der Waals surface area contributed by atoms with Crippen LogP contribution in [0, 0.1) is 0 Å². The first kappa shape index (κ1) is 18.4. The molecule has 0 aliphatic rings. The molecular weight excluding hydrogens is 235 g/mol. The topological polar surface area (TPSA) is 0 Å². The van der Waals surface area contributed by atoms with E-state index in [1.807, 2.05) is 0 Å². The molecule has 0 N–H and O–H groups in total. The van der Waals surface area contributed by atoms with Crippen LogP contribution in [0.5, 0.6) is 0 Å². The van der Waals surface area contributed by atoms with Crippen molar-refractivity contribution >= 4 is 7.26 Å². The molecule has 0 aliphatic heterocycles. The molecule has 0 rings (SSSR count). The number of hydrogen-bond acceptors (Lipinski definition) is 0. The molecule has 112 valence electrons. The molecular formula is C17H39P. The average Bonchev–Trinajstić information content (AvgIpc) is 2.36. The van der Waals surface area contributed by atoms with Crippen molar-refractivity contribution in [3.05, 3.63) is 0 Å². The Bertz CT molecular complexity index is 159. The van der Waals surface area contributed by atoms with Crippen molar-refractivity contribution in [2.24, 2.45) is 0 Å². The Hall–Kier alpha value is 0.430. The van der Waals surface area contributed by atoms with Gasteiger partial charge in [-0.05, 0) is 0 Å². The zero-order valence-electron chi connectivity index (χ0n) is 13.7. The van der Waals surface area contributed by atoms with Gasteiger partial charge in [0.25, 0.3) is 0 Å². The maximum atomic E-state index is 2.41. The van der Waals surface area contributed by atoms with E-state index in [-0.39, 0.29) is 0 Å². The Balaban J connectivity index is 4.23. The molecule has 0 atom stereocenters. The van der Waals surface area contributed by atoms with E-state index in [1.54, 1.807) is 24.6 Å². The molecule has 0 radical (unpaired) electrons. The van der Waals surface area contributed by atoms with Gasteiger partial charge in [-0.1, -0.05) is 0 Å². The molecule has 0 saturated carbocycles. The Morgan fingerprint density at radius 1 is 0.444 bits per heavy atom. The monoisotopic (exact) mass is 274 g/mol. The standard InChI is InChI=1S/C17H39P/c1-5-9-11-13-17-18(14-7-3,15-8-4)16-12-10-6-2/h18H,5-17H2,1-4H3. The Morgan fingerprint density at radius 2 is 0.889 bits per heavy atom. The second-order valence-corrected chi connectivity index (χ2v) is 11.3. The second kappa shape index (κ2) is 12.5. The van der Waals surface area contributed by atoms with E-state index >= 15 is 0 Å². The molecule has 0 nitrogen and oxygen atoms in total. The Labute approximate surface area is 118 Å². The van der Waals surface area contributed by atoms with E-state index < -0.39 is 7.26 Å². The third-order valence-corrected chi connectivity index (χ3v) is 10.4. The first-order chi connectivity index (χ1) is 8.74. The molecule has 0 saturated heterocycles. The number of hydrogen-bond donors (Lipinski definition) is 0. The number of rotatable bonds is 13. The van der Waals surface area contributed by atoms with Crippen LogP contribution < -0.4 is 0 Å². The van der Waals surface area contributed by atoms with E-state index in [0.717, 1.165) is 0 Å². The van der Waals surface area contributed by atoms with Crippen LogP contribution in [-0.2, 0) is 0 Å². The zero-order chi connectivity index (χ0) is 13.7. The van der Waals surface area contributed by atoms with Crippen molar-refractivity contribution in [3.63, 3.8) is 0 Å². The van der Waals surface area contributed by atoms with Crippen LogP contribution in [0.1, 0.15) is 85.5 Å². The first-order valence-corrected chi connectivity index (χ1v) is 11.6. The summed E-state index contributed by atoms with van der Waals surface area (Å²) < 4.78 is 0. The average molecular weight is 274 g/mol. The Kier molecular flexibility index (Phi) is 12.8. The second-order valence-electron chi connectivity index (χ2n) is 6.27. The quantitative estimate of drug-likeness (QED) is 0.272. The minimum absolute atomic E-state index is 0.883. The molecule has 0 aromatic carbocycles. The summed E-state index contributed by atoms with van der Waals surface area (Å²) >= 11 is 0. The van der Waals surface area contributed by atoms with E-state index in [4.69, 9.17) is 0 Å². The summed E-state index contributed by atoms with van der Waals surface area (Å²) in [6, 6.07) is 0. The van der Waals surface area contributed by atoms with Crippen LogP contribution in [0.4, 0.5) is 0 Å². The van der Waals surface area contributed by atoms with Gasteiger partial charge >= 0.3 is 117 Å². The van der Waals surface area contributed by atoms with Gasteiger partial charge in [-0.15, -0.1) is 0 Å². The van der Waals surface area contributed by atoms with Crippen molar-refractivity contribution < 1.29 is 0 Å². The summed E-state index contributed by atoms with van der Waals surface area (Å²) in [7, 11) is -0.883. The summed E-state index contributed by atoms with van der Waals surface area (Å²) in [4.78, 5) is 0. The van der Waals surface area contributed by atoms with Crippen molar-refractivity contribution in [1.82, 2.24) is 0 Å². The van der Waals surface area contributed by atoms with E-state index in [9.17, 15) is 0 Å². The van der Waals surface area contributed by atoms with Crippen LogP contribution in [0.3, 0.4) is 0 Å². The molecule has 18 heavy (non-hydrogen) atoms. The predicted molar refractivity (Wildman–Crippen MR) is 92.0 cm³/mol. The first-order valence-electron chi connectivity index (χ1n) is 8.74. The van der Waals surface area contributed by atoms with Gasteiger partial charge in [-0.25, -0.2) is 0 Å². The zero-order valence-corrected chi connectivity index (χ0v) is 14.7. The van der Waals surface area contributed by atoms with Gasteiger partial charge in [-0.3, -0.25) is 0 Å². The fourth-order valence-corrected chi connectivity index (χ4v) is 9.11. The van der Waals surface area contributed by atoms with Gasteiger partial charge in [0.2, 0.25) is 0 Å². The summed E-state index contributed by atoms with van der Waals surface area (Å²) in [5.74, 6) is 0. The van der Waals surface area contributed by atoms with Gasteiger partial charge < -0.3 is 0 Å². The summed E-state index contributed by atoms with van der Waals surface area (Å²) in [6.45, 7) is 9.47. The molecule has 0 spiro atoms. The summed E-state index contributed by atoms with van der Waals surface area (Å²) in [5.41, 5.74) is 0. The van der Waals surface area contributed by atoms with Crippen LogP contribution in [0.25, 0.3) is 0 Å². The summed E-state index contributed by atoms with van der Waals surface area (Å²) in [6.07, 6.45) is 19.6. The van der Waals surface area contributed by atoms with E-state index in [1.165, 1.54) is 57.8 Å². The number of unbranched alkanes of at least 4 members (excludes halogenated alkanes) is 5. The van der Waals surface area contributed by atoms with Gasteiger partial charge in [0.05, 0.1) is 0 Å². The third-order valence-electron chi connectivity index (χ3n) is 4.43. The van der Waals surface area contributed by atoms with Crippen molar-refractivity contribution in [1.29, 1.82) is 0 Å². The molecule has 0 fully saturated rings. The van der Waals surface area contributed by atoms with Crippen molar-refractivity contribution in [2.75, 3.05) is 24.6 Å². The molecule has 0 heterocycles. The fourth-order valence-electron chi connectivity index (χ4n) is 3.49. The molecule has 0 bridgehead atoms. The van der Waals surface area contributed by atoms with Gasteiger partial charge in [0.1, 0.15) is 0 Å². The molecule has 0 aliphatic carbocycles. The molecule has 0 amide bonds. The van der Waals surface area contributed by atoms with E-state index in [0.29, 0.717) is 0 Å². The van der Waals surface area contributed by atoms with Crippen molar-refractivity contribution in [2.45, 2.75) is 85.5 Å². The normalized spacial score (nSPS) is 12.9. The Morgan fingerprint density at radius 3 is 1.33 bits per heavy atom. The molecule has 0 aromatic rings. The minimum atomic E-state index is -0.883. The van der Waals surface area contributed by atoms with E-state index in [2.05, 4.69) is 27.7 Å². The predicted octanol–water partition coefficient (Wildman–Crippen LogP) is 6.33. The van der Waals surface area contributed by atoms with Crippen LogP contribution in [0.2, 0.25) is 0 Å². The van der Waals surface area contributed by atoms with Gasteiger partial charge in [-0.2, -0.15) is 0 Å². The molecule has 1 heteroatoms. The van der Waals surface area contributed by atoms with Crippen molar-refractivity contribution in [3.8, 4) is 0 Å². The fraction of sp³-hybridized carbons (Fsp3) is 1.00. The maximum absolute atomic E-state index is 2.41. The van der Waals surface area contributed by atoms with Gasteiger partial charge in [0.15, 0.2) is 0 Å². The van der Waals surface area contributed by atoms with Crippen LogP contribution in [-0.4, -0.2) is 24.6 Å². The third kappa shape index (κ3) is 8.52. The summed E-state index contributed by atoms with van der Waals surface area (Å²) in [5, 5.41) is 0. The molecule has 0 unspecified atom stereocenters. The van der Waals surface area contributed by atoms with Crippen LogP contribution in [0.15, 0.2) is 0 Å². The van der Waals surface area contributed by atoms with Crippen LogP contribution >= 0.6 is 7.26 Å². The van der Waals surface area contributed by atoms with Gasteiger partial charge in [0, 0.05) is 0 Å². The molecule has 0 aromatic heterocycles. The SMILES string of the molecule is CCCCCC[PH](CCC)(CCC)CCCCC.